The molecule has 6 atom stereocenters. The molecule has 0 aliphatic heterocycles. The topological polar surface area (TPSA) is 74.2 Å². The van der Waals surface area contributed by atoms with Crippen LogP contribution in [0.3, 0.4) is 0 Å². The number of carboxylic acids is 1. The highest BCUT2D eigenvalue weighted by atomic mass is 35.5. The number of hydrogen-bond donors (Lipinski definition) is 2. The lowest BCUT2D eigenvalue weighted by atomic mass is 9.81. The average Bonchev–Trinajstić information content (AvgIpc) is 2.42. The van der Waals surface area contributed by atoms with Crippen LogP contribution >= 0.6 is 23.2 Å². The Bertz CT molecular complexity index is 359. The van der Waals surface area contributed by atoms with Gasteiger partial charge in [0.2, 0.25) is 0 Å². The molecule has 0 heterocycles. The van der Waals surface area contributed by atoms with Crippen LogP contribution in [-0.4, -0.2) is 40.1 Å². The number of aliphatic carboxylic acids is 1. The lowest BCUT2D eigenvalue weighted by molar-refractivity contribution is -0.435. The van der Waals surface area contributed by atoms with E-state index in [-0.39, 0.29) is 47.8 Å². The molecular weight excluding hydrogens is 349 g/mol. The van der Waals surface area contributed by atoms with E-state index in [1.54, 1.807) is 0 Å². The second-order valence-electron chi connectivity index (χ2n) is 6.51. The van der Waals surface area contributed by atoms with Gasteiger partial charge in [-0.15, -0.1) is 23.2 Å². The van der Waals surface area contributed by atoms with Crippen molar-refractivity contribution in [3.63, 3.8) is 0 Å². The van der Waals surface area contributed by atoms with Crippen molar-refractivity contribution in [1.82, 2.24) is 0 Å². The Labute approximate surface area is 148 Å². The van der Waals surface area contributed by atoms with Gasteiger partial charge in [0.25, 0.3) is 0 Å². The van der Waals surface area contributed by atoms with E-state index in [0.29, 0.717) is 5.92 Å². The second kappa shape index (κ2) is 9.53. The van der Waals surface area contributed by atoms with Crippen LogP contribution in [0.25, 0.3) is 0 Å². The summed E-state index contributed by atoms with van der Waals surface area (Å²) < 4.78 is 6.22. The van der Waals surface area contributed by atoms with Crippen LogP contribution in [0.5, 0.6) is 0 Å². The van der Waals surface area contributed by atoms with E-state index in [4.69, 9.17) is 33.0 Å². The summed E-state index contributed by atoms with van der Waals surface area (Å²) in [6, 6.07) is -0.0201. The zero-order chi connectivity index (χ0) is 15.4. The predicted molar refractivity (Wildman–Crippen MR) is 82.7 cm³/mol. The molecule has 0 spiro atoms. The molecule has 0 amide bonds. The third-order valence-electron chi connectivity index (χ3n) is 4.80. The molecule has 0 aromatic rings. The molecule has 0 saturated heterocycles. The number of carboxylic acid groups (broad SMARTS) is 1. The smallest absolute Gasteiger partial charge is 0.309 e. The summed E-state index contributed by atoms with van der Waals surface area (Å²) in [7, 11) is 0. The van der Waals surface area contributed by atoms with Crippen molar-refractivity contribution in [2.24, 2.45) is 5.92 Å². The fraction of sp³-hybridized carbons (Fsp3) is 0.933. The molecule has 2 fully saturated rings. The molecule has 2 rings (SSSR count). The summed E-state index contributed by atoms with van der Waals surface area (Å²) in [5.74, 6) is -0.403. The largest absolute Gasteiger partial charge is 1.00 e. The Balaban J connectivity index is 0.00000242. The fourth-order valence-electron chi connectivity index (χ4n) is 3.56. The first-order chi connectivity index (χ1) is 9.95. The molecule has 2 saturated carbocycles. The number of ether oxygens (including phenoxy) is 1. The number of alkyl halides is 2. The van der Waals surface area contributed by atoms with E-state index in [1.165, 1.54) is 0 Å². The highest BCUT2D eigenvalue weighted by molar-refractivity contribution is 6.30. The first-order valence-corrected chi connectivity index (χ1v) is 8.81. The summed E-state index contributed by atoms with van der Waals surface area (Å²) in [6.45, 7) is 0. The minimum atomic E-state index is -0.761. The van der Waals surface area contributed by atoms with Crippen molar-refractivity contribution >= 4 is 29.2 Å². The van der Waals surface area contributed by atoms with Gasteiger partial charge >= 0.3 is 5.97 Å². The Morgan fingerprint density at radius 1 is 1.14 bits per heavy atom. The number of halogens is 3. The van der Waals surface area contributed by atoms with E-state index in [9.17, 15) is 4.79 Å². The molecule has 0 bridgehead atoms. The minimum absolute atomic E-state index is 0. The van der Waals surface area contributed by atoms with Crippen LogP contribution in [0, 0.1) is 5.92 Å². The average molecular weight is 375 g/mol. The van der Waals surface area contributed by atoms with E-state index in [1.807, 2.05) is 0 Å². The molecule has 0 aromatic carbocycles. The van der Waals surface area contributed by atoms with Gasteiger partial charge in [-0.25, -0.2) is 0 Å². The van der Waals surface area contributed by atoms with E-state index >= 15 is 0 Å². The minimum Gasteiger partial charge on any atom is -1.00 e. The number of quaternary nitrogens is 1. The molecule has 0 radical (unpaired) electrons. The molecule has 7 heteroatoms. The fourth-order valence-corrected chi connectivity index (χ4v) is 4.12. The quantitative estimate of drug-likeness (QED) is 0.632. The van der Waals surface area contributed by atoms with Crippen molar-refractivity contribution in [2.75, 3.05) is 0 Å². The number of carbonyl (C=O) groups is 1. The predicted octanol–water partition coefficient (Wildman–Crippen LogP) is -0.582. The van der Waals surface area contributed by atoms with Gasteiger partial charge in [-0.05, 0) is 38.5 Å². The van der Waals surface area contributed by atoms with Crippen molar-refractivity contribution in [3.05, 3.63) is 0 Å². The molecule has 2 aliphatic carbocycles. The van der Waals surface area contributed by atoms with Crippen LogP contribution < -0.4 is 18.1 Å². The Hall–Kier alpha value is 0.260. The van der Waals surface area contributed by atoms with Crippen LogP contribution in [-0.2, 0) is 9.53 Å². The zero-order valence-corrected chi connectivity index (χ0v) is 15.0. The first kappa shape index (κ1) is 20.3. The van der Waals surface area contributed by atoms with Gasteiger partial charge in [-0.3, -0.25) is 4.79 Å². The van der Waals surface area contributed by atoms with Crippen LogP contribution in [0.1, 0.15) is 51.4 Å². The monoisotopic (exact) mass is 373 g/mol. The highest BCUT2D eigenvalue weighted by Crippen LogP contribution is 2.34. The summed E-state index contributed by atoms with van der Waals surface area (Å²) >= 11 is 12.4. The summed E-state index contributed by atoms with van der Waals surface area (Å²) in [4.78, 5) is 10.8. The van der Waals surface area contributed by atoms with Gasteiger partial charge in [0.05, 0.1) is 35.4 Å². The maximum absolute atomic E-state index is 10.8. The maximum atomic E-state index is 10.8. The molecule has 4 nitrogen and oxygen atoms in total. The third kappa shape index (κ3) is 6.04. The third-order valence-corrected chi connectivity index (χ3v) is 5.93. The second-order valence-corrected chi connectivity index (χ2v) is 7.63. The zero-order valence-electron chi connectivity index (χ0n) is 12.7. The molecule has 130 valence electrons. The van der Waals surface area contributed by atoms with Crippen LogP contribution in [0.15, 0.2) is 0 Å². The van der Waals surface area contributed by atoms with Gasteiger partial charge < -0.3 is 28.0 Å². The Kier molecular flexibility index (Phi) is 8.80. The molecule has 22 heavy (non-hydrogen) atoms. The number of hydrogen-bond acceptors (Lipinski definition) is 2. The standard InChI is InChI=1S/C15H25Cl2NO3.ClH/c16-12-5-4-11(7-13(12)17)21-10-3-1-2-9(6-10)14(18)8-15(19)20;/h9-14H,1-8,18H2,(H,19,20);1H. The van der Waals surface area contributed by atoms with Gasteiger partial charge in [0, 0.05) is 5.92 Å². The van der Waals surface area contributed by atoms with Crippen molar-refractivity contribution in [1.29, 1.82) is 0 Å². The van der Waals surface area contributed by atoms with Gasteiger partial charge in [0.1, 0.15) is 0 Å². The van der Waals surface area contributed by atoms with E-state index < -0.39 is 5.97 Å². The Morgan fingerprint density at radius 2 is 1.82 bits per heavy atom. The Morgan fingerprint density at radius 3 is 2.45 bits per heavy atom. The van der Waals surface area contributed by atoms with Crippen LogP contribution in [0.4, 0.5) is 0 Å². The summed E-state index contributed by atoms with van der Waals surface area (Å²) in [6.07, 6.45) is 7.42. The van der Waals surface area contributed by atoms with Crippen LogP contribution in [0.2, 0.25) is 0 Å². The lowest BCUT2D eigenvalue weighted by Crippen LogP contribution is -3.00. The SMILES string of the molecule is [Cl-].[NH3+]C(CC(=O)O)C1CCCC(OC2CCC(Cl)C(Cl)C2)C1. The van der Waals surface area contributed by atoms with Gasteiger partial charge in [0.15, 0.2) is 0 Å². The van der Waals surface area contributed by atoms with Crippen molar-refractivity contribution in [3.8, 4) is 0 Å². The normalized spacial score (nSPS) is 37.1. The van der Waals surface area contributed by atoms with E-state index in [2.05, 4.69) is 5.73 Å². The summed E-state index contributed by atoms with van der Waals surface area (Å²) in [5.41, 5.74) is 4.03. The van der Waals surface area contributed by atoms with Gasteiger partial charge in [-0.2, -0.15) is 0 Å². The lowest BCUT2D eigenvalue weighted by Gasteiger charge is -2.36. The maximum Gasteiger partial charge on any atom is 0.309 e. The van der Waals surface area contributed by atoms with E-state index in [0.717, 1.165) is 44.9 Å². The molecule has 6 unspecified atom stereocenters. The highest BCUT2D eigenvalue weighted by Gasteiger charge is 2.34. The van der Waals surface area contributed by atoms with Crippen molar-refractivity contribution in [2.45, 2.75) is 80.4 Å². The molecule has 4 N–H and O–H groups in total. The first-order valence-electron chi connectivity index (χ1n) is 7.94. The molecule has 2 aliphatic rings. The van der Waals surface area contributed by atoms with Crippen molar-refractivity contribution < 1.29 is 32.8 Å². The molecule has 0 aromatic heterocycles. The summed E-state index contributed by atoms with van der Waals surface area (Å²) in [5, 5.41) is 8.96. The van der Waals surface area contributed by atoms with Gasteiger partial charge in [-0.1, -0.05) is 6.42 Å². The number of rotatable bonds is 5. The molecular formula is C15H26Cl3NO3.